The number of anilines is 2. The van der Waals surface area contributed by atoms with E-state index in [0.29, 0.717) is 77.5 Å². The van der Waals surface area contributed by atoms with Gasteiger partial charge in [-0.25, -0.2) is 9.97 Å². The lowest BCUT2D eigenvalue weighted by Crippen LogP contribution is -2.52. The lowest BCUT2D eigenvalue weighted by atomic mass is 10.0. The summed E-state index contributed by atoms with van der Waals surface area (Å²) in [6.07, 6.45) is 6.56. The fourth-order valence-electron chi connectivity index (χ4n) is 8.88. The normalized spacial score (nSPS) is 19.6. The predicted molar refractivity (Wildman–Crippen MR) is 229 cm³/mol. The monoisotopic (exact) mass is 843 g/mol. The minimum atomic E-state index is -0.629. The topological polar surface area (TPSA) is 173 Å². The smallest absolute Gasteiger partial charge is 0.255 e. The van der Waals surface area contributed by atoms with Crippen molar-refractivity contribution in [3.8, 4) is 11.5 Å². The molecule has 4 aliphatic rings. The number of nitrogens with one attached hydrogen (secondary N) is 3. The van der Waals surface area contributed by atoms with Crippen LogP contribution in [0.4, 0.5) is 11.5 Å². The van der Waals surface area contributed by atoms with Crippen molar-refractivity contribution in [2.45, 2.75) is 57.2 Å². The molecule has 2 unspecified atom stereocenters. The maximum Gasteiger partial charge on any atom is 0.255 e. The summed E-state index contributed by atoms with van der Waals surface area (Å²) >= 11 is 6.63. The van der Waals surface area contributed by atoms with Gasteiger partial charge in [0, 0.05) is 93.8 Å². The maximum atomic E-state index is 13.9. The van der Waals surface area contributed by atoms with Gasteiger partial charge in [-0.1, -0.05) is 29.8 Å². The summed E-state index contributed by atoms with van der Waals surface area (Å²) in [7, 11) is 0. The second kappa shape index (κ2) is 17.3. The van der Waals surface area contributed by atoms with Gasteiger partial charge in [0.25, 0.3) is 5.91 Å². The summed E-state index contributed by atoms with van der Waals surface area (Å²) in [5.41, 5.74) is 3.80. The van der Waals surface area contributed by atoms with Crippen molar-refractivity contribution < 1.29 is 28.7 Å². The molecule has 5 aromatic rings. The van der Waals surface area contributed by atoms with Crippen LogP contribution in [0.5, 0.6) is 11.5 Å². The molecule has 3 N–H and O–H groups in total. The summed E-state index contributed by atoms with van der Waals surface area (Å²) in [5.74, 6) is 0.684. The number of carbonyl (C=O) groups is 5. The van der Waals surface area contributed by atoms with E-state index in [9.17, 15) is 24.0 Å². The van der Waals surface area contributed by atoms with Crippen LogP contribution in [0, 0.1) is 0 Å². The first-order chi connectivity index (χ1) is 29.7. The van der Waals surface area contributed by atoms with E-state index < -0.39 is 11.9 Å². The third-order valence-corrected chi connectivity index (χ3v) is 12.4. The minimum absolute atomic E-state index is 0.0578. The van der Waals surface area contributed by atoms with E-state index in [1.54, 1.807) is 29.3 Å². The Morgan fingerprint density at radius 1 is 0.902 bits per heavy atom. The number of nitrogens with zero attached hydrogens (tertiary/aromatic N) is 6. The number of amides is 4. The minimum Gasteiger partial charge on any atom is -0.457 e. The van der Waals surface area contributed by atoms with Crippen LogP contribution in [-0.4, -0.2) is 117 Å². The van der Waals surface area contributed by atoms with Gasteiger partial charge in [-0.15, -0.1) is 0 Å². The number of halogens is 1. The zero-order valence-corrected chi connectivity index (χ0v) is 34.3. The van der Waals surface area contributed by atoms with E-state index >= 15 is 0 Å². The number of piperazine rings is 1. The Bertz CT molecular complexity index is 2500. The molecular weight excluding hydrogens is 798 g/mol. The highest BCUT2D eigenvalue weighted by atomic mass is 35.5. The number of aromatic nitrogens is 3. The molecule has 0 aliphatic carbocycles. The highest BCUT2D eigenvalue weighted by Crippen LogP contribution is 2.33. The molecular formula is C45H46ClN9O6. The number of para-hydroxylation sites is 1. The van der Waals surface area contributed by atoms with E-state index in [1.165, 1.54) is 6.33 Å². The third-order valence-electron chi connectivity index (χ3n) is 12.1. The second-order valence-electron chi connectivity index (χ2n) is 16.0. The van der Waals surface area contributed by atoms with Gasteiger partial charge < -0.3 is 29.7 Å². The number of imide groups is 1. The van der Waals surface area contributed by atoms with Crippen molar-refractivity contribution in [3.63, 3.8) is 0 Å². The molecule has 3 saturated heterocycles. The van der Waals surface area contributed by atoms with Crippen molar-refractivity contribution in [1.82, 2.24) is 35.0 Å². The van der Waals surface area contributed by atoms with Crippen molar-refractivity contribution in [3.05, 3.63) is 107 Å². The van der Waals surface area contributed by atoms with Gasteiger partial charge in [0.1, 0.15) is 35.3 Å². The Balaban J connectivity index is 0.755. The Morgan fingerprint density at radius 3 is 2.54 bits per heavy atom. The van der Waals surface area contributed by atoms with Crippen molar-refractivity contribution >= 4 is 63.6 Å². The van der Waals surface area contributed by atoms with Gasteiger partial charge in [-0.2, -0.15) is 0 Å². The molecule has 314 valence electrons. The van der Waals surface area contributed by atoms with Gasteiger partial charge in [0.2, 0.25) is 17.7 Å². The Morgan fingerprint density at radius 2 is 1.74 bits per heavy atom. The van der Waals surface area contributed by atoms with E-state index in [0.717, 1.165) is 63.2 Å². The van der Waals surface area contributed by atoms with Gasteiger partial charge >= 0.3 is 0 Å². The molecule has 0 radical (unpaired) electrons. The van der Waals surface area contributed by atoms with Gasteiger partial charge in [0.15, 0.2) is 5.78 Å². The number of carbonyl (C=O) groups excluding carboxylic acids is 5. The number of ether oxygens (including phenoxy) is 1. The molecule has 0 saturated carbocycles. The average Bonchev–Trinajstić information content (AvgIpc) is 3.85. The zero-order chi connectivity index (χ0) is 42.0. The number of piperidine rings is 2. The first-order valence-corrected chi connectivity index (χ1v) is 21.2. The number of aromatic amines is 1. The number of rotatable bonds is 12. The molecule has 2 atom stereocenters. The van der Waals surface area contributed by atoms with Crippen LogP contribution in [0.1, 0.15) is 70.4 Å². The van der Waals surface area contributed by atoms with E-state index in [1.807, 2.05) is 47.4 Å². The number of ketones is 1. The molecule has 3 fully saturated rings. The number of H-pyrrole nitrogens is 1. The van der Waals surface area contributed by atoms with Crippen LogP contribution >= 0.6 is 11.6 Å². The Labute approximate surface area is 357 Å². The van der Waals surface area contributed by atoms with Crippen molar-refractivity contribution in [1.29, 1.82) is 0 Å². The lowest BCUT2D eigenvalue weighted by molar-refractivity contribution is -0.137. The molecule has 15 nitrogen and oxygen atoms in total. The molecule has 0 bridgehead atoms. The first-order valence-electron chi connectivity index (χ1n) is 20.9. The summed E-state index contributed by atoms with van der Waals surface area (Å²) in [6, 6.07) is 19.5. The molecule has 4 aliphatic heterocycles. The largest absolute Gasteiger partial charge is 0.457 e. The molecule has 3 aromatic carbocycles. The summed E-state index contributed by atoms with van der Waals surface area (Å²) in [5, 5.41) is 6.72. The van der Waals surface area contributed by atoms with Crippen LogP contribution in [0.2, 0.25) is 5.02 Å². The second-order valence-corrected chi connectivity index (χ2v) is 16.4. The van der Waals surface area contributed by atoms with E-state index in [-0.39, 0.29) is 41.0 Å². The number of hydrogen-bond acceptors (Lipinski definition) is 11. The molecule has 16 heteroatoms. The summed E-state index contributed by atoms with van der Waals surface area (Å²) < 4.78 is 5.90. The zero-order valence-electron chi connectivity index (χ0n) is 33.6. The number of benzene rings is 3. The highest BCUT2D eigenvalue weighted by Gasteiger charge is 2.39. The quantitative estimate of drug-likeness (QED) is 0.108. The molecule has 2 aromatic heterocycles. The van der Waals surface area contributed by atoms with Gasteiger partial charge in [0.05, 0.1) is 16.0 Å². The van der Waals surface area contributed by atoms with Gasteiger partial charge in [-0.3, -0.25) is 34.2 Å². The maximum absolute atomic E-state index is 13.9. The third kappa shape index (κ3) is 8.53. The molecule has 61 heavy (non-hydrogen) atoms. The van der Waals surface area contributed by atoms with Crippen LogP contribution < -0.4 is 20.3 Å². The average molecular weight is 844 g/mol. The van der Waals surface area contributed by atoms with E-state index in [4.69, 9.17) is 16.3 Å². The Kier molecular flexibility index (Phi) is 11.4. The fraction of sp³-hybridized carbons (Fsp3) is 0.356. The first kappa shape index (κ1) is 40.1. The number of hydrogen-bond donors (Lipinski definition) is 3. The fourth-order valence-corrected chi connectivity index (χ4v) is 9.13. The van der Waals surface area contributed by atoms with Gasteiger partial charge in [-0.05, 0) is 80.3 Å². The summed E-state index contributed by atoms with van der Waals surface area (Å²) in [4.78, 5) is 84.8. The summed E-state index contributed by atoms with van der Waals surface area (Å²) in [6.45, 7) is 5.78. The molecule has 0 spiro atoms. The van der Waals surface area contributed by atoms with Crippen LogP contribution in [-0.2, 0) is 20.9 Å². The highest BCUT2D eigenvalue weighted by molar-refractivity contribution is 6.35. The molecule has 4 amide bonds. The number of likely N-dealkylation sites (tertiary alicyclic amines) is 1. The lowest BCUT2D eigenvalue weighted by Gasteiger charge is -2.36. The van der Waals surface area contributed by atoms with Crippen LogP contribution in [0.15, 0.2) is 79.3 Å². The number of fused-ring (bicyclic) bond motifs is 2. The standard InChI is InChI=1S/C45H46ClN9O6/c46-36-23-32(61-31-7-2-1-3-8-31)11-13-34(36)41(58)35-24-47-42-40(35)43(49-27-48-42)50-29-6-4-17-54(26-29)39(57)9-5-16-52-18-20-53(21-19-52)30-10-12-33-28(22-30)25-55(45(33)60)37-14-15-38(56)51-44(37)59/h1-3,7-8,10-13,22-24,27,29,37H,4-6,9,14-21,25-26H2,(H,51,56,59)(H2,47,48,49,50). The molecule has 9 rings (SSSR count). The van der Waals surface area contributed by atoms with Crippen molar-refractivity contribution in [2.24, 2.45) is 0 Å². The van der Waals surface area contributed by atoms with Crippen molar-refractivity contribution in [2.75, 3.05) is 56.0 Å². The predicted octanol–water partition coefficient (Wildman–Crippen LogP) is 5.40. The molecule has 6 heterocycles. The van der Waals surface area contributed by atoms with Crippen LogP contribution in [0.3, 0.4) is 0 Å². The van der Waals surface area contributed by atoms with Crippen LogP contribution in [0.25, 0.3) is 11.0 Å². The Hall–Kier alpha value is -6.32. The SMILES string of the molecule is O=C1CCC(N2Cc3cc(N4CCN(CCCC(=O)N5CCCC(Nc6ncnc7[nH]cc(C(=O)c8ccc(Oc9ccccc9)cc8Cl)c67)C5)CC4)ccc3C2=O)C(=O)N1. The van der Waals surface area contributed by atoms with E-state index in [2.05, 4.69) is 41.5 Å².